The van der Waals surface area contributed by atoms with E-state index in [1.165, 1.54) is 7.11 Å². The van der Waals surface area contributed by atoms with Gasteiger partial charge in [-0.15, -0.1) is 4.52 Å². The molecule has 0 aromatic heterocycles. The molecule has 0 aromatic carbocycles. The third kappa shape index (κ3) is 2.90. The minimum Gasteiger partial charge on any atom is -0.353 e. The molecule has 5 atom stereocenters. The van der Waals surface area contributed by atoms with E-state index in [0.29, 0.717) is 12.6 Å². The van der Waals surface area contributed by atoms with Gasteiger partial charge in [0, 0.05) is 13.5 Å². The van der Waals surface area contributed by atoms with Crippen molar-refractivity contribution in [2.24, 2.45) is 0 Å². The molecule has 2 rings (SSSR count). The lowest BCUT2D eigenvalue weighted by atomic mass is 10.1. The van der Waals surface area contributed by atoms with Crippen LogP contribution in [0.5, 0.6) is 0 Å². The summed E-state index contributed by atoms with van der Waals surface area (Å²) in [6.45, 7) is 3.73. The summed E-state index contributed by atoms with van der Waals surface area (Å²) in [7, 11) is 1.39. The Morgan fingerprint density at radius 1 is 1.22 bits per heavy atom. The summed E-state index contributed by atoms with van der Waals surface area (Å²) in [4.78, 5) is 0. The maximum atomic E-state index is 11.3. The molecule has 2 fully saturated rings. The molecule has 0 spiro atoms. The van der Waals surface area contributed by atoms with Crippen molar-refractivity contribution in [3.63, 3.8) is 0 Å². The van der Waals surface area contributed by atoms with Gasteiger partial charge in [0.1, 0.15) is 12.2 Å². The molecule has 7 heteroatoms. The average Bonchev–Trinajstić information content (AvgIpc) is 2.79. The predicted octanol–water partition coefficient (Wildman–Crippen LogP) is 1.66. The van der Waals surface area contributed by atoms with E-state index >= 15 is 0 Å². The molecule has 18 heavy (non-hydrogen) atoms. The van der Waals surface area contributed by atoms with Crippen LogP contribution in [0.15, 0.2) is 0 Å². The number of ether oxygens (including phenoxy) is 4. The second kappa shape index (κ2) is 5.49. The molecule has 2 aliphatic heterocycles. The van der Waals surface area contributed by atoms with Gasteiger partial charge in [-0.2, -0.15) is 0 Å². The second-order valence-corrected chi connectivity index (χ2v) is 6.35. The Kier molecular flexibility index (Phi) is 4.36. The minimum atomic E-state index is -1.62. The number of methoxy groups -OCH3 is 1. The van der Waals surface area contributed by atoms with Gasteiger partial charge < -0.3 is 18.9 Å². The molecule has 104 valence electrons. The summed E-state index contributed by atoms with van der Waals surface area (Å²) in [5.41, 5.74) is 0. The molecule has 6 nitrogen and oxygen atoms in total. The second-order valence-electron chi connectivity index (χ2n) is 4.87. The maximum Gasteiger partial charge on any atom is 0.507 e. The molecule has 5 unspecified atom stereocenters. The van der Waals surface area contributed by atoms with Gasteiger partial charge in [0.2, 0.25) is 0 Å². The molecule has 2 heterocycles. The lowest BCUT2D eigenvalue weighted by molar-refractivity contribution is -0.227. The van der Waals surface area contributed by atoms with Crippen molar-refractivity contribution >= 4 is 8.03 Å². The lowest BCUT2D eigenvalue weighted by Gasteiger charge is -2.22. The first-order valence-electron chi connectivity index (χ1n) is 5.99. The third-order valence-electron chi connectivity index (χ3n) is 3.14. The van der Waals surface area contributed by atoms with Crippen molar-refractivity contribution in [1.29, 1.82) is 0 Å². The third-order valence-corrected chi connectivity index (χ3v) is 4.17. The zero-order valence-electron chi connectivity index (χ0n) is 11.1. The van der Waals surface area contributed by atoms with Gasteiger partial charge in [0.25, 0.3) is 0 Å². The van der Waals surface area contributed by atoms with Crippen LogP contribution in [0.4, 0.5) is 0 Å². The Balaban J connectivity index is 1.98. The fraction of sp³-hybridized carbons (Fsp3) is 1.00. The summed E-state index contributed by atoms with van der Waals surface area (Å²) < 4.78 is 38.6. The zero-order valence-corrected chi connectivity index (χ0v) is 12.0. The van der Waals surface area contributed by atoms with Crippen LogP contribution in [0.3, 0.4) is 0 Å². The summed E-state index contributed by atoms with van der Waals surface area (Å²) in [5, 5.41) is 0. The molecule has 0 aliphatic carbocycles. The average molecular weight is 279 g/mol. The van der Waals surface area contributed by atoms with Crippen LogP contribution in [-0.2, 0) is 28.0 Å². The summed E-state index contributed by atoms with van der Waals surface area (Å²) in [6, 6.07) is 0. The standard InChI is InChI=1S/C11H20O6P/c1-11(2)16-8-7(5-6-18(12)14-4)15-10(13-3)9(8)17-11/h7-10H,5-6H2,1-4H3/q+1. The highest BCUT2D eigenvalue weighted by Crippen LogP contribution is 2.40. The van der Waals surface area contributed by atoms with E-state index in [9.17, 15) is 4.57 Å². The van der Waals surface area contributed by atoms with Gasteiger partial charge in [-0.05, 0) is 18.4 Å². The van der Waals surface area contributed by atoms with Crippen LogP contribution in [-0.4, -0.2) is 50.8 Å². The number of rotatable bonds is 5. The molecule has 0 aromatic rings. The molecule has 0 bridgehead atoms. The Bertz CT molecular complexity index is 321. The SMILES string of the molecule is COC1OC(CC[P+](=O)OC)C2OC(C)(C)OC12. The fourth-order valence-corrected chi connectivity index (χ4v) is 3.04. The molecular formula is C11H20O6P+. The van der Waals surface area contributed by atoms with Crippen LogP contribution in [0.25, 0.3) is 0 Å². The van der Waals surface area contributed by atoms with Crippen LogP contribution in [0.2, 0.25) is 0 Å². The highest BCUT2D eigenvalue weighted by molar-refractivity contribution is 7.39. The van der Waals surface area contributed by atoms with Crippen LogP contribution < -0.4 is 0 Å². The van der Waals surface area contributed by atoms with Gasteiger partial charge in [-0.1, -0.05) is 0 Å². The molecular weight excluding hydrogens is 259 g/mol. The molecule has 0 N–H and O–H groups in total. The molecule has 0 radical (unpaired) electrons. The van der Waals surface area contributed by atoms with E-state index in [-0.39, 0.29) is 18.3 Å². The first-order valence-corrected chi connectivity index (χ1v) is 7.36. The molecule has 0 saturated carbocycles. The van der Waals surface area contributed by atoms with Crippen LogP contribution >= 0.6 is 8.03 Å². The van der Waals surface area contributed by atoms with Gasteiger partial charge in [0.05, 0.1) is 13.2 Å². The number of hydrogen-bond donors (Lipinski definition) is 0. The zero-order chi connectivity index (χ0) is 13.3. The maximum absolute atomic E-state index is 11.3. The predicted molar refractivity (Wildman–Crippen MR) is 63.6 cm³/mol. The van der Waals surface area contributed by atoms with E-state index in [4.69, 9.17) is 23.5 Å². The van der Waals surface area contributed by atoms with E-state index in [1.807, 2.05) is 13.8 Å². The lowest BCUT2D eigenvalue weighted by Crippen LogP contribution is -2.30. The topological polar surface area (TPSA) is 63.2 Å². The number of fused-ring (bicyclic) bond motifs is 1. The fourth-order valence-electron chi connectivity index (χ4n) is 2.39. The quantitative estimate of drug-likeness (QED) is 0.713. The highest BCUT2D eigenvalue weighted by atomic mass is 31.1. The van der Waals surface area contributed by atoms with Crippen molar-refractivity contribution < 1.29 is 28.0 Å². The molecule has 2 saturated heterocycles. The van der Waals surface area contributed by atoms with E-state index in [2.05, 4.69) is 0 Å². The first kappa shape index (κ1) is 14.3. The largest absolute Gasteiger partial charge is 0.507 e. The summed E-state index contributed by atoms with van der Waals surface area (Å²) >= 11 is 0. The smallest absolute Gasteiger partial charge is 0.353 e. The first-order chi connectivity index (χ1) is 8.46. The van der Waals surface area contributed by atoms with Crippen molar-refractivity contribution in [3.05, 3.63) is 0 Å². The normalized spacial score (nSPS) is 38.8. The van der Waals surface area contributed by atoms with Gasteiger partial charge in [-0.25, -0.2) is 0 Å². The van der Waals surface area contributed by atoms with E-state index < -0.39 is 20.1 Å². The summed E-state index contributed by atoms with van der Waals surface area (Å²) in [5.74, 6) is -0.627. The van der Waals surface area contributed by atoms with Gasteiger partial charge in [-0.3, -0.25) is 0 Å². The Morgan fingerprint density at radius 2 is 1.89 bits per heavy atom. The van der Waals surface area contributed by atoms with Crippen LogP contribution in [0.1, 0.15) is 20.3 Å². The molecule has 2 aliphatic rings. The number of hydrogen-bond acceptors (Lipinski definition) is 6. The van der Waals surface area contributed by atoms with E-state index in [0.717, 1.165) is 0 Å². The Morgan fingerprint density at radius 3 is 2.50 bits per heavy atom. The van der Waals surface area contributed by atoms with Crippen molar-refractivity contribution in [3.8, 4) is 0 Å². The van der Waals surface area contributed by atoms with Crippen molar-refractivity contribution in [1.82, 2.24) is 0 Å². The Labute approximate surface area is 108 Å². The van der Waals surface area contributed by atoms with E-state index in [1.54, 1.807) is 7.11 Å². The summed E-state index contributed by atoms with van der Waals surface area (Å²) in [6.07, 6.45) is 0.0438. The monoisotopic (exact) mass is 279 g/mol. The van der Waals surface area contributed by atoms with Crippen molar-refractivity contribution in [2.45, 2.75) is 50.7 Å². The minimum absolute atomic E-state index is 0.171. The van der Waals surface area contributed by atoms with Crippen molar-refractivity contribution in [2.75, 3.05) is 20.4 Å². The Hall–Kier alpha value is -0.100. The van der Waals surface area contributed by atoms with Crippen LogP contribution in [0, 0.1) is 0 Å². The molecule has 0 amide bonds. The van der Waals surface area contributed by atoms with Gasteiger partial charge in [0.15, 0.2) is 18.2 Å². The highest BCUT2D eigenvalue weighted by Gasteiger charge is 2.55. The van der Waals surface area contributed by atoms with Gasteiger partial charge >= 0.3 is 8.03 Å².